The number of benzene rings is 2. The molecule has 0 aliphatic carbocycles. The molecule has 2 aromatic heterocycles. The molecule has 0 aliphatic rings. The van der Waals surface area contributed by atoms with Crippen LogP contribution in [0.25, 0.3) is 30.5 Å². The number of nitrogens with two attached hydrogens (primary N) is 1. The smallest absolute Gasteiger partial charge is 0.303 e. The average Bonchev–Trinajstić information content (AvgIpc) is 3.64. The molecule has 4 aromatic rings. The SMILES string of the molecule is NC(=O)[C@H](CCC(=O)O)NC(=O)C(CCC(=O)O)NC(=O)CCc1ccc(-c2ccc(-c3nc4ccccc4s3)s2)cc1. The molecule has 11 nitrogen and oxygen atoms in total. The van der Waals surface area contributed by atoms with Gasteiger partial charge in [0.1, 0.15) is 17.1 Å². The van der Waals surface area contributed by atoms with Crippen LogP contribution in [-0.4, -0.2) is 56.9 Å². The molecule has 0 aliphatic heterocycles. The van der Waals surface area contributed by atoms with Crippen LogP contribution in [0.1, 0.15) is 37.7 Å². The van der Waals surface area contributed by atoms with Crippen LogP contribution in [0.3, 0.4) is 0 Å². The number of carbonyl (C=O) groups excluding carboxylic acids is 3. The van der Waals surface area contributed by atoms with Crippen LogP contribution < -0.4 is 16.4 Å². The van der Waals surface area contributed by atoms with E-state index < -0.39 is 54.6 Å². The van der Waals surface area contributed by atoms with E-state index in [9.17, 15) is 24.0 Å². The van der Waals surface area contributed by atoms with Crippen LogP contribution in [0, 0.1) is 0 Å². The highest BCUT2D eigenvalue weighted by Gasteiger charge is 2.26. The summed E-state index contributed by atoms with van der Waals surface area (Å²) in [6.45, 7) is 0. The van der Waals surface area contributed by atoms with Crippen molar-refractivity contribution in [2.45, 2.75) is 50.6 Å². The van der Waals surface area contributed by atoms with Crippen molar-refractivity contribution in [1.29, 1.82) is 0 Å². The van der Waals surface area contributed by atoms with E-state index >= 15 is 0 Å². The lowest BCUT2D eigenvalue weighted by Crippen LogP contribution is -2.53. The third-order valence-electron chi connectivity index (χ3n) is 6.60. The Kier molecular flexibility index (Phi) is 10.6. The van der Waals surface area contributed by atoms with E-state index in [1.165, 1.54) is 0 Å². The molecule has 6 N–H and O–H groups in total. The zero-order valence-electron chi connectivity index (χ0n) is 22.9. The van der Waals surface area contributed by atoms with Gasteiger partial charge >= 0.3 is 11.9 Å². The number of carboxylic acids is 2. The molecule has 0 radical (unpaired) electrons. The number of aromatic nitrogens is 1. The van der Waals surface area contributed by atoms with Crippen LogP contribution in [0.15, 0.2) is 60.7 Å². The van der Waals surface area contributed by atoms with Gasteiger partial charge in [-0.1, -0.05) is 36.4 Å². The van der Waals surface area contributed by atoms with Gasteiger partial charge in [0.15, 0.2) is 0 Å². The van der Waals surface area contributed by atoms with Crippen LogP contribution in [-0.2, 0) is 30.4 Å². The lowest BCUT2D eigenvalue weighted by Gasteiger charge is -2.21. The molecule has 0 saturated heterocycles. The molecule has 224 valence electrons. The minimum atomic E-state index is -1.27. The number of fused-ring (bicyclic) bond motifs is 1. The Balaban J connectivity index is 1.33. The van der Waals surface area contributed by atoms with Gasteiger partial charge < -0.3 is 26.6 Å². The van der Waals surface area contributed by atoms with Crippen molar-refractivity contribution in [2.75, 3.05) is 0 Å². The first-order valence-electron chi connectivity index (χ1n) is 13.5. The van der Waals surface area contributed by atoms with Gasteiger partial charge in [-0.3, -0.25) is 24.0 Å². The van der Waals surface area contributed by atoms with E-state index in [0.29, 0.717) is 6.42 Å². The third-order valence-corrected chi connectivity index (χ3v) is 8.94. The zero-order chi connectivity index (χ0) is 30.9. The van der Waals surface area contributed by atoms with Gasteiger partial charge in [0.25, 0.3) is 0 Å². The van der Waals surface area contributed by atoms with E-state index in [1.54, 1.807) is 22.7 Å². The van der Waals surface area contributed by atoms with Crippen LogP contribution in [0.2, 0.25) is 0 Å². The number of amides is 3. The summed E-state index contributed by atoms with van der Waals surface area (Å²) in [6.07, 6.45) is -0.847. The van der Waals surface area contributed by atoms with E-state index in [1.807, 2.05) is 42.5 Å². The first kappa shape index (κ1) is 31.3. The summed E-state index contributed by atoms with van der Waals surface area (Å²) in [4.78, 5) is 65.9. The molecule has 0 bridgehead atoms. The van der Waals surface area contributed by atoms with Crippen LogP contribution in [0.5, 0.6) is 0 Å². The number of nitrogens with zero attached hydrogens (tertiary/aromatic N) is 1. The maximum Gasteiger partial charge on any atom is 0.303 e. The van der Waals surface area contributed by atoms with Gasteiger partial charge in [-0.05, 0) is 54.7 Å². The molecule has 0 saturated carbocycles. The maximum absolute atomic E-state index is 12.8. The molecule has 13 heteroatoms. The van der Waals surface area contributed by atoms with Crippen LogP contribution in [0.4, 0.5) is 0 Å². The summed E-state index contributed by atoms with van der Waals surface area (Å²) in [5.74, 6) is -4.56. The predicted molar refractivity (Wildman–Crippen MR) is 163 cm³/mol. The lowest BCUT2D eigenvalue weighted by atomic mass is 10.0. The van der Waals surface area contributed by atoms with E-state index in [2.05, 4.69) is 28.8 Å². The van der Waals surface area contributed by atoms with Gasteiger partial charge in [-0.2, -0.15) is 0 Å². The number of hydrogen-bond acceptors (Lipinski definition) is 8. The number of nitrogens with one attached hydrogen (secondary N) is 2. The fraction of sp³-hybridized carbons (Fsp3) is 0.267. The second-order valence-electron chi connectivity index (χ2n) is 9.80. The molecule has 43 heavy (non-hydrogen) atoms. The fourth-order valence-electron chi connectivity index (χ4n) is 4.31. The maximum atomic E-state index is 12.8. The molecule has 2 aromatic carbocycles. The number of rotatable bonds is 15. The van der Waals surface area contributed by atoms with Gasteiger partial charge in [0, 0.05) is 24.1 Å². The summed E-state index contributed by atoms with van der Waals surface area (Å²) in [5, 5.41) is 23.7. The number of aliphatic carboxylic acids is 2. The summed E-state index contributed by atoms with van der Waals surface area (Å²) in [6, 6.07) is 17.4. The number of carboxylic acid groups (broad SMARTS) is 2. The number of primary amides is 1. The van der Waals surface area contributed by atoms with E-state index in [4.69, 9.17) is 20.9 Å². The topological polar surface area (TPSA) is 189 Å². The van der Waals surface area contributed by atoms with Crippen molar-refractivity contribution in [2.24, 2.45) is 5.73 Å². The quantitative estimate of drug-likeness (QED) is 0.132. The Hall–Kier alpha value is -4.62. The van der Waals surface area contributed by atoms with Crippen molar-refractivity contribution >= 4 is 62.6 Å². The second kappa shape index (κ2) is 14.5. The minimum Gasteiger partial charge on any atom is -0.481 e. The summed E-state index contributed by atoms with van der Waals surface area (Å²) >= 11 is 3.30. The van der Waals surface area contributed by atoms with Gasteiger partial charge in [-0.25, -0.2) is 4.98 Å². The van der Waals surface area contributed by atoms with Crippen molar-refractivity contribution in [3.8, 4) is 20.3 Å². The molecular formula is C30H30N4O7S2. The fourth-order valence-corrected chi connectivity index (χ4v) is 6.34. The molecule has 0 spiro atoms. The molecule has 4 rings (SSSR count). The number of aryl methyl sites for hydroxylation is 1. The highest BCUT2D eigenvalue weighted by molar-refractivity contribution is 7.26. The Bertz CT molecular complexity index is 1600. The van der Waals surface area contributed by atoms with Crippen molar-refractivity contribution in [3.05, 3.63) is 66.2 Å². The lowest BCUT2D eigenvalue weighted by molar-refractivity contribution is -0.139. The van der Waals surface area contributed by atoms with Gasteiger partial charge in [-0.15, -0.1) is 22.7 Å². The number of carbonyl (C=O) groups is 5. The second-order valence-corrected chi connectivity index (χ2v) is 11.9. The summed E-state index contributed by atoms with van der Waals surface area (Å²) < 4.78 is 1.14. The normalized spacial score (nSPS) is 12.4. The van der Waals surface area contributed by atoms with E-state index in [-0.39, 0.29) is 19.3 Å². The minimum absolute atomic E-state index is 0.0369. The highest BCUT2D eigenvalue weighted by Crippen LogP contribution is 2.38. The Morgan fingerprint density at radius 2 is 1.42 bits per heavy atom. The first-order chi connectivity index (χ1) is 20.6. The van der Waals surface area contributed by atoms with Crippen molar-refractivity contribution < 1.29 is 34.2 Å². The number of para-hydroxylation sites is 1. The standard InChI is InChI=1S/C30H30N4O7S2/c31-28(40)20(10-15-26(36)37)33-29(41)21(11-16-27(38)39)32-25(35)14-7-17-5-8-18(9-6-17)22-12-13-24(42-22)30-34-19-3-1-2-4-23(19)43-30/h1-6,8-9,12-13,20-21H,7,10-11,14-16H2,(H2,31,40)(H,32,35)(H,33,41)(H,36,37)(H,38,39)/t20-,21?/m0/s1. The third kappa shape index (κ3) is 8.93. The molecular weight excluding hydrogens is 592 g/mol. The Morgan fingerprint density at radius 3 is 2.07 bits per heavy atom. The summed E-state index contributed by atoms with van der Waals surface area (Å²) in [7, 11) is 0. The monoisotopic (exact) mass is 622 g/mol. The highest BCUT2D eigenvalue weighted by atomic mass is 32.1. The van der Waals surface area contributed by atoms with Gasteiger partial charge in [0.2, 0.25) is 17.7 Å². The predicted octanol–water partition coefficient (Wildman–Crippen LogP) is 3.81. The van der Waals surface area contributed by atoms with E-state index in [0.717, 1.165) is 36.1 Å². The molecule has 1 unspecified atom stereocenters. The number of hydrogen-bond donors (Lipinski definition) is 5. The largest absolute Gasteiger partial charge is 0.481 e. The molecule has 0 fully saturated rings. The van der Waals surface area contributed by atoms with Gasteiger partial charge in [0.05, 0.1) is 15.1 Å². The van der Waals surface area contributed by atoms with Crippen molar-refractivity contribution in [3.63, 3.8) is 0 Å². The summed E-state index contributed by atoms with van der Waals surface area (Å²) in [5.41, 5.74) is 8.17. The van der Waals surface area contributed by atoms with Crippen LogP contribution >= 0.6 is 22.7 Å². The average molecular weight is 623 g/mol. The zero-order valence-corrected chi connectivity index (χ0v) is 24.6. The Morgan fingerprint density at radius 1 is 0.767 bits per heavy atom. The first-order valence-corrected chi connectivity index (χ1v) is 15.1. The molecule has 3 amide bonds. The number of thiazole rings is 1. The molecule has 2 heterocycles. The number of thiophene rings is 1. The van der Waals surface area contributed by atoms with Crippen molar-refractivity contribution in [1.82, 2.24) is 15.6 Å². The molecule has 2 atom stereocenters. The Labute approximate surface area is 254 Å².